The van der Waals surface area contributed by atoms with E-state index in [0.717, 1.165) is 38.5 Å². The van der Waals surface area contributed by atoms with Gasteiger partial charge in [0.25, 0.3) is 11.8 Å². The fraction of sp³-hybridized carbons (Fsp3) is 0.346. The fourth-order valence-electron chi connectivity index (χ4n) is 5.06. The summed E-state index contributed by atoms with van der Waals surface area (Å²) in [6.45, 7) is 0. The Morgan fingerprint density at radius 2 is 1.38 bits per heavy atom. The molecule has 2 amide bonds. The Bertz CT molecular complexity index is 1170. The van der Waals surface area contributed by atoms with Crippen LogP contribution in [0, 0.1) is 0 Å². The average molecular weight is 429 g/mol. The second kappa shape index (κ2) is 8.61. The van der Waals surface area contributed by atoms with Crippen molar-refractivity contribution in [3.8, 4) is 0 Å². The van der Waals surface area contributed by atoms with Crippen molar-refractivity contribution in [2.45, 2.75) is 50.6 Å². The summed E-state index contributed by atoms with van der Waals surface area (Å²) >= 11 is 0. The van der Waals surface area contributed by atoms with Crippen LogP contribution in [0.5, 0.6) is 0 Å². The number of rotatable bonds is 4. The highest BCUT2D eigenvalue weighted by Gasteiger charge is 2.26. The number of carbonyl (C=O) groups is 2. The fourth-order valence-corrected chi connectivity index (χ4v) is 5.06. The molecule has 0 saturated carbocycles. The molecule has 5 rings (SSSR count). The predicted octanol–water partition coefficient (Wildman–Crippen LogP) is 4.03. The molecule has 32 heavy (non-hydrogen) atoms. The summed E-state index contributed by atoms with van der Waals surface area (Å²) in [6.07, 6.45) is 5.99. The zero-order chi connectivity index (χ0) is 22.1. The Morgan fingerprint density at radius 1 is 0.844 bits per heavy atom. The molecular formula is C26H28N4O2. The summed E-state index contributed by atoms with van der Waals surface area (Å²) in [5.41, 5.74) is 5.60. The van der Waals surface area contributed by atoms with Gasteiger partial charge in [-0.3, -0.25) is 14.3 Å². The van der Waals surface area contributed by atoms with Crippen LogP contribution in [0.3, 0.4) is 0 Å². The van der Waals surface area contributed by atoms with Crippen molar-refractivity contribution in [1.82, 2.24) is 20.4 Å². The van der Waals surface area contributed by atoms with Crippen molar-refractivity contribution in [3.05, 3.63) is 88.2 Å². The molecule has 2 aliphatic rings. The van der Waals surface area contributed by atoms with Gasteiger partial charge in [-0.25, -0.2) is 0 Å². The lowest BCUT2D eigenvalue weighted by molar-refractivity contribution is 0.0917. The number of amides is 2. The lowest BCUT2D eigenvalue weighted by Crippen LogP contribution is -2.32. The number of nitrogens with one attached hydrogen (secondary N) is 2. The number of aryl methyl sites for hydroxylation is 3. The van der Waals surface area contributed by atoms with Crippen molar-refractivity contribution >= 4 is 11.8 Å². The summed E-state index contributed by atoms with van der Waals surface area (Å²) in [4.78, 5) is 26.0. The van der Waals surface area contributed by atoms with E-state index in [0.29, 0.717) is 5.69 Å². The van der Waals surface area contributed by atoms with Crippen molar-refractivity contribution in [3.63, 3.8) is 0 Å². The molecule has 6 heteroatoms. The van der Waals surface area contributed by atoms with Gasteiger partial charge in [0.15, 0.2) is 5.69 Å². The summed E-state index contributed by atoms with van der Waals surface area (Å²) in [6, 6.07) is 18.1. The third-order valence-electron chi connectivity index (χ3n) is 6.69. The minimum atomic E-state index is -0.246. The number of hydrogen-bond acceptors (Lipinski definition) is 3. The van der Waals surface area contributed by atoms with E-state index in [9.17, 15) is 9.59 Å². The summed E-state index contributed by atoms with van der Waals surface area (Å²) in [7, 11) is 1.70. The van der Waals surface area contributed by atoms with Crippen LogP contribution in [0.1, 0.15) is 81.0 Å². The van der Waals surface area contributed by atoms with Gasteiger partial charge in [-0.1, -0.05) is 48.5 Å². The quantitative estimate of drug-likeness (QED) is 0.659. The largest absolute Gasteiger partial charge is 0.344 e. The molecule has 0 aliphatic heterocycles. The van der Waals surface area contributed by atoms with Gasteiger partial charge >= 0.3 is 0 Å². The first kappa shape index (κ1) is 20.5. The molecule has 2 aliphatic carbocycles. The normalized spacial score (nSPS) is 19.5. The molecule has 2 unspecified atom stereocenters. The highest BCUT2D eigenvalue weighted by atomic mass is 16.2. The molecular weight excluding hydrogens is 400 g/mol. The molecule has 2 N–H and O–H groups in total. The highest BCUT2D eigenvalue weighted by Crippen LogP contribution is 2.31. The SMILES string of the molecule is Cn1nc(C(=O)NC2CCCc3ccccc32)cc1C(=O)NC1CCCc2ccccc21. The Kier molecular flexibility index (Phi) is 5.52. The predicted molar refractivity (Wildman–Crippen MR) is 122 cm³/mol. The van der Waals surface area contributed by atoms with E-state index in [2.05, 4.69) is 40.0 Å². The lowest BCUT2D eigenvalue weighted by atomic mass is 9.87. The van der Waals surface area contributed by atoms with Gasteiger partial charge < -0.3 is 10.6 Å². The van der Waals surface area contributed by atoms with Crippen molar-refractivity contribution in [2.24, 2.45) is 7.05 Å². The van der Waals surface area contributed by atoms with E-state index in [1.165, 1.54) is 26.9 Å². The summed E-state index contributed by atoms with van der Waals surface area (Å²) in [5.74, 6) is -0.451. The van der Waals surface area contributed by atoms with Gasteiger partial charge in [-0.15, -0.1) is 0 Å². The Balaban J connectivity index is 1.30. The number of aromatic nitrogens is 2. The van der Waals surface area contributed by atoms with E-state index in [4.69, 9.17) is 0 Å². The second-order valence-electron chi connectivity index (χ2n) is 8.77. The molecule has 164 valence electrons. The number of hydrogen-bond donors (Lipinski definition) is 2. The molecule has 6 nitrogen and oxygen atoms in total. The molecule has 2 aromatic carbocycles. The van der Waals surface area contributed by atoms with Crippen molar-refractivity contribution in [1.29, 1.82) is 0 Å². The maximum Gasteiger partial charge on any atom is 0.272 e. The van der Waals surface area contributed by atoms with Gasteiger partial charge in [-0.05, 0) is 60.8 Å². The monoisotopic (exact) mass is 428 g/mol. The van der Waals surface area contributed by atoms with Crippen molar-refractivity contribution in [2.75, 3.05) is 0 Å². The van der Waals surface area contributed by atoms with Crippen LogP contribution in [0.25, 0.3) is 0 Å². The minimum absolute atomic E-state index is 0.0154. The molecule has 0 bridgehead atoms. The summed E-state index contributed by atoms with van der Waals surface area (Å²) < 4.78 is 1.49. The van der Waals surface area contributed by atoms with Gasteiger partial charge in [0.05, 0.1) is 12.1 Å². The Labute approximate surface area is 188 Å². The molecule has 1 aromatic heterocycles. The molecule has 0 spiro atoms. The number of carbonyl (C=O) groups excluding carboxylic acids is 2. The molecule has 2 atom stereocenters. The van der Waals surface area contributed by atoms with Gasteiger partial charge in [0.1, 0.15) is 5.69 Å². The Morgan fingerprint density at radius 3 is 1.97 bits per heavy atom. The van der Waals surface area contributed by atoms with Crippen LogP contribution in [0.15, 0.2) is 54.6 Å². The first-order valence-electron chi connectivity index (χ1n) is 11.4. The van der Waals surface area contributed by atoms with Crippen LogP contribution in [-0.2, 0) is 19.9 Å². The number of nitrogens with zero attached hydrogens (tertiary/aromatic N) is 2. The van der Waals surface area contributed by atoms with Crippen LogP contribution >= 0.6 is 0 Å². The van der Waals surface area contributed by atoms with Crippen LogP contribution < -0.4 is 10.6 Å². The third-order valence-corrected chi connectivity index (χ3v) is 6.69. The van der Waals surface area contributed by atoms with E-state index >= 15 is 0 Å². The Hall–Kier alpha value is -3.41. The lowest BCUT2D eigenvalue weighted by Gasteiger charge is -2.26. The zero-order valence-corrected chi connectivity index (χ0v) is 18.3. The minimum Gasteiger partial charge on any atom is -0.344 e. The van der Waals surface area contributed by atoms with E-state index in [1.807, 2.05) is 24.3 Å². The second-order valence-corrected chi connectivity index (χ2v) is 8.77. The number of benzene rings is 2. The van der Waals surface area contributed by atoms with Gasteiger partial charge in [-0.2, -0.15) is 5.10 Å². The van der Waals surface area contributed by atoms with E-state index in [-0.39, 0.29) is 29.6 Å². The number of fused-ring (bicyclic) bond motifs is 2. The van der Waals surface area contributed by atoms with Crippen LogP contribution in [0.4, 0.5) is 0 Å². The molecule has 0 radical (unpaired) electrons. The topological polar surface area (TPSA) is 76.0 Å². The zero-order valence-electron chi connectivity index (χ0n) is 18.3. The molecule has 0 fully saturated rings. The standard InChI is InChI=1S/C26H28N4O2/c1-30-24(26(32)28-22-15-7-11-18-9-3-5-13-20(18)22)16-23(29-30)25(31)27-21-14-6-10-17-8-2-4-12-19(17)21/h2-5,8-9,12-13,16,21-22H,6-7,10-11,14-15H2,1H3,(H,27,31)(H,28,32). The maximum atomic E-state index is 13.0. The van der Waals surface area contributed by atoms with Crippen LogP contribution in [-0.4, -0.2) is 21.6 Å². The van der Waals surface area contributed by atoms with Crippen molar-refractivity contribution < 1.29 is 9.59 Å². The van der Waals surface area contributed by atoms with Crippen LogP contribution in [0.2, 0.25) is 0 Å². The van der Waals surface area contributed by atoms with E-state index < -0.39 is 0 Å². The maximum absolute atomic E-state index is 13.0. The first-order chi connectivity index (χ1) is 15.6. The van der Waals surface area contributed by atoms with Gasteiger partial charge in [0.2, 0.25) is 0 Å². The first-order valence-corrected chi connectivity index (χ1v) is 11.4. The highest BCUT2D eigenvalue weighted by molar-refractivity contribution is 5.98. The molecule has 0 saturated heterocycles. The molecule has 3 aromatic rings. The van der Waals surface area contributed by atoms with Gasteiger partial charge in [0, 0.05) is 13.1 Å². The smallest absolute Gasteiger partial charge is 0.272 e. The van der Waals surface area contributed by atoms with E-state index in [1.54, 1.807) is 13.1 Å². The molecule has 1 heterocycles. The average Bonchev–Trinajstić information content (AvgIpc) is 3.21. The third kappa shape index (κ3) is 3.93. The summed E-state index contributed by atoms with van der Waals surface area (Å²) in [5, 5.41) is 10.6.